The van der Waals surface area contributed by atoms with Crippen LogP contribution in [0.4, 0.5) is 0 Å². The first-order chi connectivity index (χ1) is 15.1. The Bertz CT molecular complexity index is 1060. The lowest BCUT2D eigenvalue weighted by atomic mass is 9.54. The van der Waals surface area contributed by atoms with E-state index in [1.807, 2.05) is 0 Å². The Balaban J connectivity index is 1.90. The van der Waals surface area contributed by atoms with Crippen LogP contribution in [0.5, 0.6) is 0 Å². The number of rotatable bonds is 7. The SMILES string of the molecule is Cc1ccccc1CC[C@](C)(c1ccccc1)C(C)(c1ccccc1)c1ccccc1. The fraction of sp³-hybridized carbons (Fsp3) is 0.226. The molecule has 0 heterocycles. The standard InChI is InChI=1S/C31H32/c1-25-15-13-14-16-26(25)23-24-30(2,27-17-7-4-8-18-27)31(3,28-19-9-5-10-20-28)29-21-11-6-12-22-29/h4-22H,23-24H2,1-3H3/t30-/m1/s1. The maximum atomic E-state index is 2.46. The van der Waals surface area contributed by atoms with Crippen molar-refractivity contribution >= 4 is 0 Å². The first kappa shape index (κ1) is 21.1. The zero-order valence-electron chi connectivity index (χ0n) is 18.9. The molecule has 0 aliphatic carbocycles. The maximum absolute atomic E-state index is 2.46. The van der Waals surface area contributed by atoms with Crippen LogP contribution in [0.2, 0.25) is 0 Å². The predicted octanol–water partition coefficient (Wildman–Crippen LogP) is 7.89. The summed E-state index contributed by atoms with van der Waals surface area (Å²) in [6.45, 7) is 7.12. The molecule has 0 unspecified atom stereocenters. The van der Waals surface area contributed by atoms with Gasteiger partial charge < -0.3 is 0 Å². The molecule has 1 atom stereocenters. The van der Waals surface area contributed by atoms with Crippen molar-refractivity contribution in [2.45, 2.75) is 44.4 Å². The Hall–Kier alpha value is -3.12. The van der Waals surface area contributed by atoms with Crippen molar-refractivity contribution in [2.75, 3.05) is 0 Å². The maximum Gasteiger partial charge on any atom is 0.0268 e. The van der Waals surface area contributed by atoms with Crippen molar-refractivity contribution in [1.29, 1.82) is 0 Å². The van der Waals surface area contributed by atoms with Gasteiger partial charge in [0.05, 0.1) is 0 Å². The van der Waals surface area contributed by atoms with Gasteiger partial charge >= 0.3 is 0 Å². The van der Waals surface area contributed by atoms with Gasteiger partial charge in [-0.2, -0.15) is 0 Å². The molecular formula is C31H32. The smallest absolute Gasteiger partial charge is 0.0268 e. The van der Waals surface area contributed by atoms with Crippen LogP contribution in [0.3, 0.4) is 0 Å². The van der Waals surface area contributed by atoms with Crippen molar-refractivity contribution in [3.8, 4) is 0 Å². The lowest BCUT2D eigenvalue weighted by Gasteiger charge is -2.48. The molecule has 156 valence electrons. The highest BCUT2D eigenvalue weighted by Gasteiger charge is 2.47. The Morgan fingerprint density at radius 2 is 0.935 bits per heavy atom. The molecule has 0 N–H and O–H groups in total. The van der Waals surface area contributed by atoms with Crippen molar-refractivity contribution < 1.29 is 0 Å². The molecule has 0 fully saturated rings. The summed E-state index contributed by atoms with van der Waals surface area (Å²) >= 11 is 0. The van der Waals surface area contributed by atoms with E-state index in [9.17, 15) is 0 Å². The van der Waals surface area contributed by atoms with Gasteiger partial charge in [-0.05, 0) is 47.6 Å². The average Bonchev–Trinajstić information content (AvgIpc) is 2.84. The third-order valence-electron chi connectivity index (χ3n) is 7.37. The molecule has 4 aromatic carbocycles. The van der Waals surface area contributed by atoms with Gasteiger partial charge in [-0.15, -0.1) is 0 Å². The number of aryl methyl sites for hydroxylation is 2. The van der Waals surface area contributed by atoms with Crippen molar-refractivity contribution in [1.82, 2.24) is 0 Å². The number of hydrogen-bond acceptors (Lipinski definition) is 0. The second-order valence-corrected chi connectivity index (χ2v) is 8.98. The van der Waals surface area contributed by atoms with Crippen LogP contribution in [0.1, 0.15) is 48.1 Å². The Labute approximate surface area is 187 Å². The Kier molecular flexibility index (Phi) is 6.09. The van der Waals surface area contributed by atoms with Crippen molar-refractivity contribution in [2.24, 2.45) is 0 Å². The first-order valence-electron chi connectivity index (χ1n) is 11.3. The summed E-state index contributed by atoms with van der Waals surface area (Å²) in [5.41, 5.74) is 6.64. The van der Waals surface area contributed by atoms with Gasteiger partial charge in [0.2, 0.25) is 0 Å². The zero-order valence-corrected chi connectivity index (χ0v) is 18.9. The molecule has 0 saturated carbocycles. The normalized spacial score (nSPS) is 13.5. The number of benzene rings is 4. The molecule has 0 bridgehead atoms. The van der Waals surface area contributed by atoms with Crippen LogP contribution in [0, 0.1) is 6.92 Å². The summed E-state index contributed by atoms with van der Waals surface area (Å²) in [6, 6.07) is 42.0. The highest BCUT2D eigenvalue weighted by Crippen LogP contribution is 2.51. The Morgan fingerprint density at radius 3 is 1.42 bits per heavy atom. The van der Waals surface area contributed by atoms with Crippen LogP contribution in [0.15, 0.2) is 115 Å². The molecule has 0 aliphatic rings. The van der Waals surface area contributed by atoms with E-state index in [2.05, 4.69) is 136 Å². The van der Waals surface area contributed by atoms with Gasteiger partial charge in [0.15, 0.2) is 0 Å². The fourth-order valence-corrected chi connectivity index (χ4v) is 5.11. The minimum Gasteiger partial charge on any atom is -0.0622 e. The van der Waals surface area contributed by atoms with Crippen molar-refractivity contribution in [3.63, 3.8) is 0 Å². The summed E-state index contributed by atoms with van der Waals surface area (Å²) in [6.07, 6.45) is 2.11. The van der Waals surface area contributed by atoms with E-state index in [0.29, 0.717) is 0 Å². The lowest BCUT2D eigenvalue weighted by molar-refractivity contribution is 0.280. The van der Waals surface area contributed by atoms with Crippen LogP contribution in [-0.2, 0) is 17.3 Å². The summed E-state index contributed by atoms with van der Waals surface area (Å²) in [4.78, 5) is 0. The highest BCUT2D eigenvalue weighted by atomic mass is 14.5. The molecule has 0 radical (unpaired) electrons. The van der Waals surface area contributed by atoms with Gasteiger partial charge in [-0.1, -0.05) is 129 Å². The van der Waals surface area contributed by atoms with E-state index >= 15 is 0 Å². The minimum absolute atomic E-state index is 0.0980. The van der Waals surface area contributed by atoms with Crippen molar-refractivity contribution in [3.05, 3.63) is 143 Å². The van der Waals surface area contributed by atoms with Crippen LogP contribution in [-0.4, -0.2) is 0 Å². The third kappa shape index (κ3) is 3.95. The van der Waals surface area contributed by atoms with Crippen LogP contribution >= 0.6 is 0 Å². The van der Waals surface area contributed by atoms with Gasteiger partial charge in [0, 0.05) is 10.8 Å². The lowest BCUT2D eigenvalue weighted by Crippen LogP contribution is -2.46. The van der Waals surface area contributed by atoms with E-state index in [-0.39, 0.29) is 10.8 Å². The topological polar surface area (TPSA) is 0 Å². The average molecular weight is 405 g/mol. The van der Waals surface area contributed by atoms with Gasteiger partial charge in [0.1, 0.15) is 0 Å². The second-order valence-electron chi connectivity index (χ2n) is 8.98. The molecule has 4 aromatic rings. The number of hydrogen-bond donors (Lipinski definition) is 0. The quantitative estimate of drug-likeness (QED) is 0.294. The summed E-state index contributed by atoms with van der Waals surface area (Å²) < 4.78 is 0. The summed E-state index contributed by atoms with van der Waals surface area (Å²) in [7, 11) is 0. The summed E-state index contributed by atoms with van der Waals surface area (Å²) in [5.74, 6) is 0. The molecule has 0 aliphatic heterocycles. The molecule has 31 heavy (non-hydrogen) atoms. The molecule has 0 heteroatoms. The van der Waals surface area contributed by atoms with E-state index in [1.165, 1.54) is 27.8 Å². The van der Waals surface area contributed by atoms with Gasteiger partial charge in [-0.3, -0.25) is 0 Å². The monoisotopic (exact) mass is 404 g/mol. The van der Waals surface area contributed by atoms with E-state index in [4.69, 9.17) is 0 Å². The van der Waals surface area contributed by atoms with Crippen LogP contribution in [0.25, 0.3) is 0 Å². The minimum atomic E-state index is -0.181. The second kappa shape index (κ2) is 8.94. The molecular weight excluding hydrogens is 372 g/mol. The Morgan fingerprint density at radius 1 is 0.516 bits per heavy atom. The van der Waals surface area contributed by atoms with E-state index < -0.39 is 0 Å². The largest absolute Gasteiger partial charge is 0.0622 e. The highest BCUT2D eigenvalue weighted by molar-refractivity contribution is 5.47. The zero-order chi connectivity index (χ0) is 21.7. The first-order valence-corrected chi connectivity index (χ1v) is 11.3. The van der Waals surface area contributed by atoms with Gasteiger partial charge in [-0.25, -0.2) is 0 Å². The van der Waals surface area contributed by atoms with E-state index in [0.717, 1.165) is 12.8 Å². The molecule has 0 saturated heterocycles. The molecule has 0 nitrogen and oxygen atoms in total. The molecule has 0 aromatic heterocycles. The van der Waals surface area contributed by atoms with Gasteiger partial charge in [0.25, 0.3) is 0 Å². The van der Waals surface area contributed by atoms with E-state index in [1.54, 1.807) is 0 Å². The molecule has 0 spiro atoms. The van der Waals surface area contributed by atoms with Crippen LogP contribution < -0.4 is 0 Å². The fourth-order valence-electron chi connectivity index (χ4n) is 5.11. The predicted molar refractivity (Wildman–Crippen MR) is 133 cm³/mol. The summed E-state index contributed by atoms with van der Waals surface area (Å²) in [5, 5.41) is 0. The molecule has 0 amide bonds. The third-order valence-corrected chi connectivity index (χ3v) is 7.37. The molecule has 4 rings (SSSR count).